The Hall–Kier alpha value is -1.67. The summed E-state index contributed by atoms with van der Waals surface area (Å²) in [5.41, 5.74) is 0. The Labute approximate surface area is 120 Å². The van der Waals surface area contributed by atoms with Crippen LogP contribution >= 0.6 is 22.6 Å². The van der Waals surface area contributed by atoms with Crippen molar-refractivity contribution in [2.75, 3.05) is 6.61 Å². The highest BCUT2D eigenvalue weighted by molar-refractivity contribution is 14.1. The van der Waals surface area contributed by atoms with Crippen LogP contribution in [0.5, 0.6) is 17.2 Å². The lowest BCUT2D eigenvalue weighted by Crippen LogP contribution is -1.96. The monoisotopic (exact) mass is 350 g/mol. The number of para-hydroxylation sites is 3. The average molecular weight is 350 g/mol. The van der Waals surface area contributed by atoms with Crippen LogP contribution < -0.4 is 9.47 Å². The van der Waals surface area contributed by atoms with E-state index in [2.05, 4.69) is 9.85 Å². The largest absolute Gasteiger partial charge is 0.477 e. The van der Waals surface area contributed by atoms with Crippen molar-refractivity contribution in [1.82, 2.24) is 0 Å². The first-order valence-corrected chi connectivity index (χ1v) is 6.51. The molecule has 0 radical (unpaired) electrons. The van der Waals surface area contributed by atoms with Gasteiger partial charge in [-0.15, -0.1) is 0 Å². The molecule has 0 bridgehead atoms. The second kappa shape index (κ2) is 6.92. The van der Waals surface area contributed by atoms with Gasteiger partial charge in [0.2, 0.25) is 0 Å². The van der Waals surface area contributed by atoms with Gasteiger partial charge in [0.15, 0.2) is 11.5 Å². The molecule has 0 saturated carbocycles. The maximum Gasteiger partial charge on any atom is 0.169 e. The molecule has 3 heteroatoms. The van der Waals surface area contributed by atoms with Gasteiger partial charge in [0.1, 0.15) is 12.4 Å². The molecule has 2 rings (SSSR count). The molecule has 0 aromatic heterocycles. The summed E-state index contributed by atoms with van der Waals surface area (Å²) in [6, 6.07) is 17.2. The van der Waals surface area contributed by atoms with E-state index in [0.29, 0.717) is 18.1 Å². The van der Waals surface area contributed by atoms with E-state index in [1.165, 1.54) is 0 Å². The van der Waals surface area contributed by atoms with E-state index in [-0.39, 0.29) is 0 Å². The average Bonchev–Trinajstić information content (AvgIpc) is 2.42. The minimum absolute atomic E-state index is 0.359. The van der Waals surface area contributed by atoms with Gasteiger partial charge in [-0.2, -0.15) is 0 Å². The topological polar surface area (TPSA) is 18.5 Å². The molecule has 2 aromatic rings. The summed E-state index contributed by atoms with van der Waals surface area (Å²) >= 11 is 1.99. The second-order valence-corrected chi connectivity index (χ2v) is 3.96. The fourth-order valence-electron chi connectivity index (χ4n) is 1.41. The van der Waals surface area contributed by atoms with Gasteiger partial charge in [-0.25, -0.2) is 0 Å². The lowest BCUT2D eigenvalue weighted by molar-refractivity contribution is 0.346. The molecule has 0 heterocycles. The van der Waals surface area contributed by atoms with Crippen LogP contribution in [0.2, 0.25) is 0 Å². The number of halogens is 1. The van der Waals surface area contributed by atoms with Gasteiger partial charge in [0, 0.05) is 22.6 Å². The first-order valence-electron chi connectivity index (χ1n) is 5.43. The first-order chi connectivity index (χ1) is 8.90. The minimum atomic E-state index is 0.359. The molecule has 0 amide bonds. The maximum absolute atomic E-state index is 5.77. The fourth-order valence-corrected chi connectivity index (χ4v) is 1.57. The molecule has 0 aliphatic carbocycles. The fraction of sp³-hybridized carbons (Fsp3) is 0.0667. The number of ether oxygens (including phenoxy) is 2. The Morgan fingerprint density at radius 3 is 2.28 bits per heavy atom. The third-order valence-electron chi connectivity index (χ3n) is 2.19. The summed E-state index contributed by atoms with van der Waals surface area (Å²) in [4.78, 5) is 0. The molecule has 0 fully saturated rings. The minimum Gasteiger partial charge on any atom is -0.477 e. The Bertz CT molecular complexity index is 555. The van der Waals surface area contributed by atoms with E-state index in [1.807, 2.05) is 77.2 Å². The van der Waals surface area contributed by atoms with Gasteiger partial charge >= 0.3 is 0 Å². The third-order valence-corrected chi connectivity index (χ3v) is 2.57. The van der Waals surface area contributed by atoms with Crippen LogP contribution in [0.4, 0.5) is 0 Å². The number of hydrogen-bond donors (Lipinski definition) is 0. The summed E-state index contributed by atoms with van der Waals surface area (Å²) in [6.07, 6.45) is 0. The smallest absolute Gasteiger partial charge is 0.169 e. The molecule has 0 spiro atoms. The van der Waals surface area contributed by atoms with Crippen LogP contribution in [0, 0.1) is 9.85 Å². The molecule has 0 aliphatic rings. The SMILES string of the molecule is IC#CCOc1ccccc1Oc1ccccc1. The van der Waals surface area contributed by atoms with Crippen molar-refractivity contribution >= 4 is 22.6 Å². The van der Waals surface area contributed by atoms with Gasteiger partial charge in [0.05, 0.1) is 0 Å². The molecule has 0 aliphatic heterocycles. The first kappa shape index (κ1) is 12.8. The van der Waals surface area contributed by atoms with E-state index >= 15 is 0 Å². The molecular formula is C15H11IO2. The molecule has 90 valence electrons. The van der Waals surface area contributed by atoms with Crippen LogP contribution in [0.15, 0.2) is 54.6 Å². The van der Waals surface area contributed by atoms with E-state index in [4.69, 9.17) is 9.47 Å². The molecule has 2 nitrogen and oxygen atoms in total. The Balaban J connectivity index is 2.14. The molecule has 18 heavy (non-hydrogen) atoms. The summed E-state index contributed by atoms with van der Waals surface area (Å²) in [5, 5.41) is 0. The summed E-state index contributed by atoms with van der Waals surface area (Å²) < 4.78 is 14.1. The maximum atomic E-state index is 5.77. The van der Waals surface area contributed by atoms with Gasteiger partial charge in [-0.1, -0.05) is 36.3 Å². The molecular weight excluding hydrogens is 339 g/mol. The predicted molar refractivity (Wildman–Crippen MR) is 80.2 cm³/mol. The summed E-state index contributed by atoms with van der Waals surface area (Å²) in [7, 11) is 0. The van der Waals surface area contributed by atoms with Crippen LogP contribution in [-0.4, -0.2) is 6.61 Å². The lowest BCUT2D eigenvalue weighted by atomic mass is 10.3. The highest BCUT2D eigenvalue weighted by Gasteiger charge is 2.04. The normalized spacial score (nSPS) is 9.17. The van der Waals surface area contributed by atoms with E-state index < -0.39 is 0 Å². The number of hydrogen-bond acceptors (Lipinski definition) is 2. The van der Waals surface area contributed by atoms with Crippen molar-refractivity contribution in [3.8, 4) is 27.1 Å². The van der Waals surface area contributed by atoms with Crippen LogP contribution in [0.3, 0.4) is 0 Å². The molecule has 0 atom stereocenters. The van der Waals surface area contributed by atoms with Gasteiger partial charge in [0.25, 0.3) is 0 Å². The van der Waals surface area contributed by atoms with Crippen molar-refractivity contribution in [3.63, 3.8) is 0 Å². The van der Waals surface area contributed by atoms with Gasteiger partial charge in [-0.05, 0) is 28.2 Å². The Morgan fingerprint density at radius 2 is 1.56 bits per heavy atom. The van der Waals surface area contributed by atoms with Crippen molar-refractivity contribution in [2.24, 2.45) is 0 Å². The van der Waals surface area contributed by atoms with Crippen molar-refractivity contribution in [1.29, 1.82) is 0 Å². The standard InChI is InChI=1S/C15H11IO2/c16-11-6-12-17-14-9-4-5-10-15(14)18-13-7-2-1-3-8-13/h1-5,7-10H,12H2. The molecule has 0 saturated heterocycles. The van der Waals surface area contributed by atoms with Crippen LogP contribution in [-0.2, 0) is 0 Å². The van der Waals surface area contributed by atoms with Crippen LogP contribution in [0.25, 0.3) is 0 Å². The highest BCUT2D eigenvalue weighted by Crippen LogP contribution is 2.30. The third kappa shape index (κ3) is 3.67. The lowest BCUT2D eigenvalue weighted by Gasteiger charge is -2.10. The zero-order valence-corrected chi connectivity index (χ0v) is 11.8. The Kier molecular flexibility index (Phi) is 4.91. The quantitative estimate of drug-likeness (QED) is 0.606. The molecule has 0 N–H and O–H groups in total. The highest BCUT2D eigenvalue weighted by atomic mass is 127. The molecule has 2 aromatic carbocycles. The van der Waals surface area contributed by atoms with Crippen LogP contribution in [0.1, 0.15) is 0 Å². The van der Waals surface area contributed by atoms with Gasteiger partial charge in [-0.3, -0.25) is 0 Å². The van der Waals surface area contributed by atoms with E-state index in [0.717, 1.165) is 5.75 Å². The van der Waals surface area contributed by atoms with Gasteiger partial charge < -0.3 is 9.47 Å². The second-order valence-electron chi connectivity index (χ2n) is 3.42. The van der Waals surface area contributed by atoms with Crippen molar-refractivity contribution in [3.05, 3.63) is 54.6 Å². The summed E-state index contributed by atoms with van der Waals surface area (Å²) in [5.74, 6) is 5.02. The molecule has 0 unspecified atom stereocenters. The number of rotatable bonds is 4. The van der Waals surface area contributed by atoms with E-state index in [9.17, 15) is 0 Å². The number of benzene rings is 2. The zero-order chi connectivity index (χ0) is 12.6. The predicted octanol–water partition coefficient (Wildman–Crippen LogP) is 4.25. The zero-order valence-electron chi connectivity index (χ0n) is 9.60. The Morgan fingerprint density at radius 1 is 0.889 bits per heavy atom. The summed E-state index contributed by atoms with van der Waals surface area (Å²) in [6.45, 7) is 0.359. The van der Waals surface area contributed by atoms with E-state index in [1.54, 1.807) is 0 Å². The van der Waals surface area contributed by atoms with Crippen molar-refractivity contribution < 1.29 is 9.47 Å². The van der Waals surface area contributed by atoms with Crippen molar-refractivity contribution in [2.45, 2.75) is 0 Å².